The number of hydrogen-bond donors (Lipinski definition) is 0. The number of hydrogen-bond acceptors (Lipinski definition) is 5. The van der Waals surface area contributed by atoms with Crippen molar-refractivity contribution in [1.29, 1.82) is 0 Å². The molecule has 0 radical (unpaired) electrons. The van der Waals surface area contributed by atoms with Crippen molar-refractivity contribution in [2.24, 2.45) is 0 Å². The molecule has 1 heterocycles. The molecule has 0 N–H and O–H groups in total. The maximum atomic E-state index is 12.3. The Morgan fingerprint density at radius 3 is 2.31 bits per heavy atom. The van der Waals surface area contributed by atoms with E-state index in [4.69, 9.17) is 9.47 Å². The lowest BCUT2D eigenvalue weighted by Crippen LogP contribution is -2.32. The van der Waals surface area contributed by atoms with Crippen molar-refractivity contribution >= 4 is 17.8 Å². The van der Waals surface area contributed by atoms with Gasteiger partial charge in [0.2, 0.25) is 0 Å². The topological polar surface area (TPSA) is 72.9 Å². The average molecular weight is 353 g/mol. The minimum Gasteiger partial charge on any atom is -0.496 e. The van der Waals surface area contributed by atoms with Crippen molar-refractivity contribution in [3.8, 4) is 5.75 Å². The van der Waals surface area contributed by atoms with Crippen molar-refractivity contribution in [1.82, 2.24) is 4.90 Å². The van der Waals surface area contributed by atoms with Gasteiger partial charge in [-0.3, -0.25) is 19.3 Å². The highest BCUT2D eigenvalue weighted by atomic mass is 16.5. The molecule has 0 aromatic heterocycles. The van der Waals surface area contributed by atoms with Crippen LogP contribution < -0.4 is 4.74 Å². The molecule has 6 nitrogen and oxygen atoms in total. The lowest BCUT2D eigenvalue weighted by Gasteiger charge is -2.14. The molecule has 0 aliphatic carbocycles. The molecule has 26 heavy (non-hydrogen) atoms. The second-order valence-electron chi connectivity index (χ2n) is 6.03. The quantitative estimate of drug-likeness (QED) is 0.590. The lowest BCUT2D eigenvalue weighted by molar-refractivity contribution is -0.145. The molecule has 0 unspecified atom stereocenters. The van der Waals surface area contributed by atoms with Crippen LogP contribution in [0.1, 0.15) is 38.3 Å². The molecule has 2 amide bonds. The number of imide groups is 1. The molecule has 0 fully saturated rings. The largest absolute Gasteiger partial charge is 0.496 e. The zero-order chi connectivity index (χ0) is 18.7. The Morgan fingerprint density at radius 1 is 1.04 bits per heavy atom. The van der Waals surface area contributed by atoms with Gasteiger partial charge in [0.1, 0.15) is 12.4 Å². The van der Waals surface area contributed by atoms with Gasteiger partial charge >= 0.3 is 5.97 Å². The van der Waals surface area contributed by atoms with Crippen molar-refractivity contribution < 1.29 is 23.9 Å². The number of esters is 1. The van der Waals surface area contributed by atoms with Crippen LogP contribution in [0.4, 0.5) is 0 Å². The maximum Gasteiger partial charge on any atom is 0.307 e. The number of aryl methyl sites for hydroxylation is 1. The number of carbonyl (C=O) groups is 3. The van der Waals surface area contributed by atoms with E-state index < -0.39 is 5.97 Å². The summed E-state index contributed by atoms with van der Waals surface area (Å²) in [7, 11) is 1.55. The van der Waals surface area contributed by atoms with E-state index in [1.165, 1.54) is 0 Å². The maximum absolute atomic E-state index is 12.3. The molecule has 0 saturated heterocycles. The smallest absolute Gasteiger partial charge is 0.307 e. The first-order valence-corrected chi connectivity index (χ1v) is 8.25. The standard InChI is InChI=1S/C20H19NO5/c1-13-7-8-17(25-2)14(11-13)12-26-18(22)9-10-21-19(23)15-5-3-4-6-16(15)20(21)24/h3-8,11H,9-10,12H2,1-2H3. The van der Waals surface area contributed by atoms with E-state index in [1.54, 1.807) is 31.4 Å². The van der Waals surface area contributed by atoms with Crippen LogP contribution >= 0.6 is 0 Å². The van der Waals surface area contributed by atoms with E-state index in [-0.39, 0.29) is 31.4 Å². The summed E-state index contributed by atoms with van der Waals surface area (Å²) < 4.78 is 10.5. The second kappa shape index (κ2) is 7.39. The van der Waals surface area contributed by atoms with Crippen molar-refractivity contribution in [3.05, 3.63) is 64.7 Å². The predicted octanol–water partition coefficient (Wildman–Crippen LogP) is 2.73. The monoisotopic (exact) mass is 353 g/mol. The van der Waals surface area contributed by atoms with Gasteiger partial charge in [-0.25, -0.2) is 0 Å². The number of carbonyl (C=O) groups excluding carboxylic acids is 3. The van der Waals surface area contributed by atoms with Gasteiger partial charge < -0.3 is 9.47 Å². The Bertz CT molecular complexity index is 839. The van der Waals surface area contributed by atoms with Gasteiger partial charge in [-0.15, -0.1) is 0 Å². The van der Waals surface area contributed by atoms with Crippen LogP contribution in [0.25, 0.3) is 0 Å². The van der Waals surface area contributed by atoms with E-state index in [9.17, 15) is 14.4 Å². The Hall–Kier alpha value is -3.15. The van der Waals surface area contributed by atoms with Crippen LogP contribution in [0.2, 0.25) is 0 Å². The Labute approximate surface area is 151 Å². The number of nitrogens with zero attached hydrogens (tertiary/aromatic N) is 1. The fourth-order valence-electron chi connectivity index (χ4n) is 2.90. The molecule has 0 bridgehead atoms. The summed E-state index contributed by atoms with van der Waals surface area (Å²) in [5.74, 6) is -0.591. The molecule has 2 aromatic rings. The fourth-order valence-corrected chi connectivity index (χ4v) is 2.90. The Kier molecular flexibility index (Phi) is 5.02. The van der Waals surface area contributed by atoms with Crippen LogP contribution in [-0.2, 0) is 16.1 Å². The van der Waals surface area contributed by atoms with Gasteiger partial charge in [0.15, 0.2) is 0 Å². The highest BCUT2D eigenvalue weighted by Gasteiger charge is 2.35. The second-order valence-corrected chi connectivity index (χ2v) is 6.03. The van der Waals surface area contributed by atoms with E-state index in [0.717, 1.165) is 16.0 Å². The van der Waals surface area contributed by atoms with E-state index >= 15 is 0 Å². The summed E-state index contributed by atoms with van der Waals surface area (Å²) >= 11 is 0. The molecule has 0 atom stereocenters. The number of fused-ring (bicyclic) bond motifs is 1. The summed E-state index contributed by atoms with van der Waals surface area (Å²) in [6.45, 7) is 2.01. The van der Waals surface area contributed by atoms with Crippen molar-refractivity contribution in [2.75, 3.05) is 13.7 Å². The summed E-state index contributed by atoms with van der Waals surface area (Å²) in [4.78, 5) is 37.6. The van der Waals surface area contributed by atoms with Gasteiger partial charge in [-0.1, -0.05) is 23.8 Å². The summed E-state index contributed by atoms with van der Waals surface area (Å²) in [5.41, 5.74) is 2.54. The Morgan fingerprint density at radius 2 is 1.69 bits per heavy atom. The molecule has 3 rings (SSSR count). The number of amides is 2. The summed E-state index contributed by atoms with van der Waals surface area (Å²) in [6, 6.07) is 12.2. The van der Waals surface area contributed by atoms with Gasteiger partial charge in [0.05, 0.1) is 24.7 Å². The third-order valence-corrected chi connectivity index (χ3v) is 4.24. The number of methoxy groups -OCH3 is 1. The molecule has 6 heteroatoms. The van der Waals surface area contributed by atoms with Gasteiger partial charge in [-0.2, -0.15) is 0 Å². The molecule has 2 aromatic carbocycles. The third kappa shape index (κ3) is 3.44. The van der Waals surface area contributed by atoms with Crippen LogP contribution in [0.15, 0.2) is 42.5 Å². The first-order chi connectivity index (χ1) is 12.5. The van der Waals surface area contributed by atoms with E-state index in [2.05, 4.69) is 0 Å². The van der Waals surface area contributed by atoms with E-state index in [1.807, 2.05) is 25.1 Å². The van der Waals surface area contributed by atoms with Gasteiger partial charge in [0, 0.05) is 12.1 Å². The highest BCUT2D eigenvalue weighted by Crippen LogP contribution is 2.23. The number of ether oxygens (including phenoxy) is 2. The Balaban J connectivity index is 1.56. The van der Waals surface area contributed by atoms with Crippen LogP contribution in [-0.4, -0.2) is 36.3 Å². The molecule has 0 saturated carbocycles. The number of benzene rings is 2. The molecular formula is C20H19NO5. The first-order valence-electron chi connectivity index (χ1n) is 8.25. The number of rotatable bonds is 6. The predicted molar refractivity (Wildman–Crippen MR) is 94.0 cm³/mol. The van der Waals surface area contributed by atoms with Crippen molar-refractivity contribution in [3.63, 3.8) is 0 Å². The summed E-state index contributed by atoms with van der Waals surface area (Å²) in [5, 5.41) is 0. The molecule has 0 spiro atoms. The minimum absolute atomic E-state index is 0.00384. The van der Waals surface area contributed by atoms with Crippen LogP contribution in [0.3, 0.4) is 0 Å². The molecule has 1 aliphatic heterocycles. The zero-order valence-corrected chi connectivity index (χ0v) is 14.7. The average Bonchev–Trinajstić information content (AvgIpc) is 2.89. The SMILES string of the molecule is COc1ccc(C)cc1COC(=O)CCN1C(=O)c2ccccc2C1=O. The molecule has 134 valence electrons. The zero-order valence-electron chi connectivity index (χ0n) is 14.7. The molecule has 1 aliphatic rings. The first kappa shape index (κ1) is 17.7. The van der Waals surface area contributed by atoms with Crippen LogP contribution in [0, 0.1) is 6.92 Å². The third-order valence-electron chi connectivity index (χ3n) is 4.24. The summed E-state index contributed by atoms with van der Waals surface area (Å²) in [6.07, 6.45) is -0.0560. The van der Waals surface area contributed by atoms with Crippen molar-refractivity contribution in [2.45, 2.75) is 20.0 Å². The lowest BCUT2D eigenvalue weighted by atomic mass is 10.1. The highest BCUT2D eigenvalue weighted by molar-refractivity contribution is 6.21. The molecular weight excluding hydrogens is 334 g/mol. The van der Waals surface area contributed by atoms with Gasteiger partial charge in [-0.05, 0) is 31.2 Å². The minimum atomic E-state index is -0.481. The van der Waals surface area contributed by atoms with E-state index in [0.29, 0.717) is 16.9 Å². The van der Waals surface area contributed by atoms with Gasteiger partial charge in [0.25, 0.3) is 11.8 Å². The fraction of sp³-hybridized carbons (Fsp3) is 0.250. The normalized spacial score (nSPS) is 12.9. The van der Waals surface area contributed by atoms with Crippen LogP contribution in [0.5, 0.6) is 5.75 Å².